The molecule has 24 heavy (non-hydrogen) atoms. The van der Waals surface area contributed by atoms with Gasteiger partial charge in [-0.05, 0) is 56.9 Å². The third kappa shape index (κ3) is 2.72. The molecule has 0 aliphatic carbocycles. The summed E-state index contributed by atoms with van der Waals surface area (Å²) >= 11 is 0. The Labute approximate surface area is 142 Å². The van der Waals surface area contributed by atoms with E-state index in [2.05, 4.69) is 35.0 Å². The molecule has 1 amide bonds. The molecule has 2 saturated heterocycles. The van der Waals surface area contributed by atoms with Gasteiger partial charge in [0.25, 0.3) is 0 Å². The van der Waals surface area contributed by atoms with Crippen LogP contribution < -0.4 is 4.90 Å². The fraction of sp³-hybridized carbons (Fsp3) is 0.526. The molecule has 0 spiro atoms. The van der Waals surface area contributed by atoms with Crippen LogP contribution in [0.3, 0.4) is 0 Å². The molecule has 2 aliphatic heterocycles. The minimum atomic E-state index is 0.118. The molecular formula is C19H24N4O. The first-order valence-electron chi connectivity index (χ1n) is 8.90. The third-order valence-electron chi connectivity index (χ3n) is 5.27. The minimum Gasteiger partial charge on any atom is -0.356 e. The van der Waals surface area contributed by atoms with Gasteiger partial charge in [0.2, 0.25) is 5.91 Å². The zero-order chi connectivity index (χ0) is 16.7. The number of carbonyl (C=O) groups is 1. The highest BCUT2D eigenvalue weighted by Crippen LogP contribution is 2.27. The number of fused-ring (bicyclic) bond motifs is 1. The predicted octanol–water partition coefficient (Wildman–Crippen LogP) is 2.70. The van der Waals surface area contributed by atoms with Crippen molar-refractivity contribution in [3.05, 3.63) is 29.5 Å². The van der Waals surface area contributed by atoms with Crippen molar-refractivity contribution >= 4 is 22.8 Å². The fourth-order valence-electron chi connectivity index (χ4n) is 3.96. The second kappa shape index (κ2) is 6.04. The van der Waals surface area contributed by atoms with Crippen LogP contribution in [0.2, 0.25) is 0 Å². The quantitative estimate of drug-likeness (QED) is 0.852. The molecule has 0 N–H and O–H groups in total. The van der Waals surface area contributed by atoms with Crippen LogP contribution in [0.5, 0.6) is 0 Å². The van der Waals surface area contributed by atoms with Crippen molar-refractivity contribution in [2.75, 3.05) is 31.1 Å². The van der Waals surface area contributed by atoms with Gasteiger partial charge >= 0.3 is 0 Å². The summed E-state index contributed by atoms with van der Waals surface area (Å²) in [7, 11) is 0. The zero-order valence-corrected chi connectivity index (χ0v) is 14.5. The summed E-state index contributed by atoms with van der Waals surface area (Å²) in [5.41, 5.74) is 3.01. The maximum atomic E-state index is 12.6. The number of nitrogens with zero attached hydrogens (tertiary/aromatic N) is 4. The van der Waals surface area contributed by atoms with E-state index in [9.17, 15) is 4.79 Å². The topological polar surface area (TPSA) is 49.3 Å². The van der Waals surface area contributed by atoms with E-state index in [1.165, 1.54) is 5.56 Å². The summed E-state index contributed by atoms with van der Waals surface area (Å²) in [5, 5.41) is 1.10. The smallest absolute Gasteiger partial charge is 0.227 e. The van der Waals surface area contributed by atoms with Gasteiger partial charge in [0.1, 0.15) is 5.82 Å². The van der Waals surface area contributed by atoms with Gasteiger partial charge in [-0.3, -0.25) is 4.79 Å². The largest absolute Gasteiger partial charge is 0.356 e. The lowest BCUT2D eigenvalue weighted by atomic mass is 10.1. The van der Waals surface area contributed by atoms with Gasteiger partial charge in [-0.15, -0.1) is 0 Å². The van der Waals surface area contributed by atoms with Crippen molar-refractivity contribution in [2.24, 2.45) is 5.92 Å². The number of carbonyl (C=O) groups excluding carboxylic acids is 1. The molecule has 5 heteroatoms. The van der Waals surface area contributed by atoms with Gasteiger partial charge in [0.15, 0.2) is 5.65 Å². The molecule has 0 bridgehead atoms. The molecular weight excluding hydrogens is 300 g/mol. The highest BCUT2D eigenvalue weighted by atomic mass is 16.2. The standard InChI is InChI=1S/C19H24N4O/c1-13-11-14(2)20-18-16(13)5-6-17(21-18)23-10-7-15(12-23)19(24)22-8-3-4-9-22/h5-6,11,15H,3-4,7-10,12H2,1-2H3. The molecule has 126 valence electrons. The van der Waals surface area contributed by atoms with Gasteiger partial charge in [-0.1, -0.05) is 0 Å². The second-order valence-electron chi connectivity index (χ2n) is 7.09. The average Bonchev–Trinajstić information content (AvgIpc) is 3.25. The number of likely N-dealkylation sites (tertiary alicyclic amines) is 1. The number of hydrogen-bond donors (Lipinski definition) is 0. The number of pyridine rings is 2. The summed E-state index contributed by atoms with van der Waals surface area (Å²) in [6, 6.07) is 6.26. The van der Waals surface area contributed by atoms with Gasteiger partial charge in [0.05, 0.1) is 5.92 Å². The van der Waals surface area contributed by atoms with Crippen LogP contribution in [0.25, 0.3) is 11.0 Å². The number of rotatable bonds is 2. The number of aryl methyl sites for hydroxylation is 2. The highest BCUT2D eigenvalue weighted by Gasteiger charge is 2.33. The number of anilines is 1. The van der Waals surface area contributed by atoms with Gasteiger partial charge in [0, 0.05) is 37.3 Å². The molecule has 0 aromatic carbocycles. The molecule has 1 unspecified atom stereocenters. The lowest BCUT2D eigenvalue weighted by Gasteiger charge is -2.21. The Kier molecular flexibility index (Phi) is 3.87. The lowest BCUT2D eigenvalue weighted by molar-refractivity contribution is -0.133. The molecule has 0 saturated carbocycles. The molecule has 2 fully saturated rings. The van der Waals surface area contributed by atoms with E-state index in [1.807, 2.05) is 11.8 Å². The first-order chi connectivity index (χ1) is 11.6. The molecule has 0 radical (unpaired) electrons. The van der Waals surface area contributed by atoms with Crippen molar-refractivity contribution in [3.63, 3.8) is 0 Å². The summed E-state index contributed by atoms with van der Waals surface area (Å²) < 4.78 is 0. The van der Waals surface area contributed by atoms with Gasteiger partial charge in [-0.25, -0.2) is 9.97 Å². The first kappa shape index (κ1) is 15.4. The third-order valence-corrected chi connectivity index (χ3v) is 5.27. The maximum Gasteiger partial charge on any atom is 0.227 e. The monoisotopic (exact) mass is 324 g/mol. The molecule has 4 heterocycles. The SMILES string of the molecule is Cc1cc(C)c2ccc(N3CCC(C(=O)N4CCCC4)C3)nc2n1. The Morgan fingerprint density at radius 3 is 2.71 bits per heavy atom. The van der Waals surface area contributed by atoms with Crippen LogP contribution in [0.1, 0.15) is 30.5 Å². The lowest BCUT2D eigenvalue weighted by Crippen LogP contribution is -2.35. The normalized spacial score (nSPS) is 21.0. The minimum absolute atomic E-state index is 0.118. The molecule has 5 nitrogen and oxygen atoms in total. The van der Waals surface area contributed by atoms with Gasteiger partial charge in [-0.2, -0.15) is 0 Å². The number of hydrogen-bond acceptors (Lipinski definition) is 4. The van der Waals surface area contributed by atoms with E-state index in [-0.39, 0.29) is 5.92 Å². The van der Waals surface area contributed by atoms with E-state index in [1.54, 1.807) is 0 Å². The van der Waals surface area contributed by atoms with Crippen LogP contribution in [0, 0.1) is 19.8 Å². The van der Waals surface area contributed by atoms with Crippen molar-refractivity contribution in [1.82, 2.24) is 14.9 Å². The average molecular weight is 324 g/mol. The zero-order valence-electron chi connectivity index (χ0n) is 14.5. The van der Waals surface area contributed by atoms with Crippen LogP contribution >= 0.6 is 0 Å². The van der Waals surface area contributed by atoms with Gasteiger partial charge < -0.3 is 9.80 Å². The maximum absolute atomic E-state index is 12.6. The fourth-order valence-corrected chi connectivity index (χ4v) is 3.96. The van der Waals surface area contributed by atoms with E-state index < -0.39 is 0 Å². The Balaban J connectivity index is 1.54. The number of aromatic nitrogens is 2. The molecule has 4 rings (SSSR count). The number of amides is 1. The summed E-state index contributed by atoms with van der Waals surface area (Å²) in [6.07, 6.45) is 3.23. The van der Waals surface area contributed by atoms with E-state index in [4.69, 9.17) is 4.98 Å². The van der Waals surface area contributed by atoms with Crippen LogP contribution in [-0.2, 0) is 4.79 Å². The molecule has 2 aromatic rings. The van der Waals surface area contributed by atoms with Crippen molar-refractivity contribution in [3.8, 4) is 0 Å². The van der Waals surface area contributed by atoms with Crippen molar-refractivity contribution in [2.45, 2.75) is 33.1 Å². The Bertz CT molecular complexity index is 782. The molecule has 2 aromatic heterocycles. The van der Waals surface area contributed by atoms with E-state index in [0.29, 0.717) is 5.91 Å². The van der Waals surface area contributed by atoms with E-state index in [0.717, 1.165) is 68.0 Å². The molecule has 2 aliphatic rings. The van der Waals surface area contributed by atoms with Crippen LogP contribution in [-0.4, -0.2) is 47.0 Å². The second-order valence-corrected chi connectivity index (χ2v) is 7.09. The highest BCUT2D eigenvalue weighted by molar-refractivity contribution is 5.82. The Morgan fingerprint density at radius 2 is 1.92 bits per heavy atom. The predicted molar refractivity (Wildman–Crippen MR) is 95.1 cm³/mol. The van der Waals surface area contributed by atoms with Crippen LogP contribution in [0.15, 0.2) is 18.2 Å². The van der Waals surface area contributed by atoms with Crippen molar-refractivity contribution < 1.29 is 4.79 Å². The summed E-state index contributed by atoms with van der Waals surface area (Å²) in [5.74, 6) is 1.39. The summed E-state index contributed by atoms with van der Waals surface area (Å²) in [6.45, 7) is 7.64. The van der Waals surface area contributed by atoms with Crippen molar-refractivity contribution in [1.29, 1.82) is 0 Å². The Hall–Kier alpha value is -2.17. The summed E-state index contributed by atoms with van der Waals surface area (Å²) in [4.78, 5) is 26.2. The van der Waals surface area contributed by atoms with E-state index >= 15 is 0 Å². The Morgan fingerprint density at radius 1 is 1.12 bits per heavy atom. The first-order valence-corrected chi connectivity index (χ1v) is 8.90. The van der Waals surface area contributed by atoms with Crippen LogP contribution in [0.4, 0.5) is 5.82 Å². The molecule has 1 atom stereocenters.